The van der Waals surface area contributed by atoms with Crippen molar-refractivity contribution in [3.63, 3.8) is 0 Å². The molecule has 0 aliphatic rings. The predicted molar refractivity (Wildman–Crippen MR) is 86.3 cm³/mol. The van der Waals surface area contributed by atoms with E-state index < -0.39 is 0 Å². The maximum atomic E-state index is 11.7. The summed E-state index contributed by atoms with van der Waals surface area (Å²) in [6, 6.07) is 14.8. The quantitative estimate of drug-likeness (QED) is 0.659. The fourth-order valence-corrected chi connectivity index (χ4v) is 1.79. The lowest BCUT2D eigenvalue weighted by molar-refractivity contribution is -0.120. The van der Waals surface area contributed by atoms with Gasteiger partial charge in [0.05, 0.1) is 13.3 Å². The number of ether oxygens (including phenoxy) is 1. The Morgan fingerprint density at radius 1 is 1.18 bits per heavy atom. The van der Waals surface area contributed by atoms with Crippen LogP contribution in [0.2, 0.25) is 0 Å². The molecule has 1 amide bonds. The van der Waals surface area contributed by atoms with Gasteiger partial charge in [0, 0.05) is 5.69 Å². The number of carbonyl (C=O) groups excluding carboxylic acids is 1. The summed E-state index contributed by atoms with van der Waals surface area (Å²) in [5, 5.41) is 6.52. The van der Waals surface area contributed by atoms with Gasteiger partial charge in [0.2, 0.25) is 0 Å². The molecule has 0 atom stereocenters. The Kier molecular flexibility index (Phi) is 5.54. The lowest BCUT2D eigenvalue weighted by Crippen LogP contribution is -2.16. The summed E-state index contributed by atoms with van der Waals surface area (Å²) >= 11 is 0. The van der Waals surface area contributed by atoms with Crippen LogP contribution < -0.4 is 10.1 Å². The monoisotopic (exact) mass is 298 g/mol. The molecular weight excluding hydrogens is 280 g/mol. The Labute approximate surface area is 129 Å². The van der Waals surface area contributed by atoms with E-state index in [1.165, 1.54) is 0 Å². The molecule has 0 radical (unpaired) electrons. The van der Waals surface area contributed by atoms with Crippen molar-refractivity contribution in [1.82, 2.24) is 0 Å². The molecule has 2 aromatic rings. The lowest BCUT2D eigenvalue weighted by atomic mass is 10.1. The molecule has 114 valence electrons. The second-order valence-corrected chi connectivity index (χ2v) is 4.64. The van der Waals surface area contributed by atoms with Gasteiger partial charge in [-0.1, -0.05) is 29.4 Å². The number of carbonyl (C=O) groups is 1. The molecule has 0 fully saturated rings. The van der Waals surface area contributed by atoms with Crippen LogP contribution in [0.5, 0.6) is 5.75 Å². The summed E-state index contributed by atoms with van der Waals surface area (Å²) < 4.78 is 5.05. The Morgan fingerprint density at radius 2 is 1.91 bits per heavy atom. The summed E-state index contributed by atoms with van der Waals surface area (Å²) in [7, 11) is 1.59. The summed E-state index contributed by atoms with van der Waals surface area (Å²) in [6.07, 6.45) is 1.59. The van der Waals surface area contributed by atoms with Crippen molar-refractivity contribution in [3.8, 4) is 5.75 Å². The number of anilines is 1. The SMILES string of the molecule is COc1ccc(NC(=O)CO/N=C\c2ccccc2C)cc1. The number of oxime groups is 1. The fourth-order valence-electron chi connectivity index (χ4n) is 1.79. The van der Waals surface area contributed by atoms with E-state index >= 15 is 0 Å². The van der Waals surface area contributed by atoms with Gasteiger partial charge in [-0.05, 0) is 42.3 Å². The van der Waals surface area contributed by atoms with Gasteiger partial charge in [-0.25, -0.2) is 0 Å². The zero-order valence-electron chi connectivity index (χ0n) is 12.6. The molecule has 22 heavy (non-hydrogen) atoms. The van der Waals surface area contributed by atoms with Crippen LogP contribution in [0.3, 0.4) is 0 Å². The molecule has 0 aliphatic heterocycles. The molecular formula is C17H18N2O3. The first-order valence-electron chi connectivity index (χ1n) is 6.84. The maximum absolute atomic E-state index is 11.7. The van der Waals surface area contributed by atoms with E-state index in [4.69, 9.17) is 9.57 Å². The minimum Gasteiger partial charge on any atom is -0.497 e. The van der Waals surface area contributed by atoms with Crippen LogP contribution in [0, 0.1) is 6.92 Å². The Balaban J connectivity index is 1.79. The molecule has 0 unspecified atom stereocenters. The van der Waals surface area contributed by atoms with Gasteiger partial charge in [-0.3, -0.25) is 4.79 Å². The largest absolute Gasteiger partial charge is 0.497 e. The number of benzene rings is 2. The highest BCUT2D eigenvalue weighted by molar-refractivity contribution is 5.91. The first kappa shape index (κ1) is 15.6. The van der Waals surface area contributed by atoms with Gasteiger partial charge in [-0.2, -0.15) is 0 Å². The van der Waals surface area contributed by atoms with Crippen LogP contribution in [-0.2, 0) is 9.63 Å². The van der Waals surface area contributed by atoms with Crippen LogP contribution in [0.15, 0.2) is 53.7 Å². The van der Waals surface area contributed by atoms with Crippen molar-refractivity contribution in [2.75, 3.05) is 19.0 Å². The molecule has 0 aromatic heterocycles. The van der Waals surface area contributed by atoms with Crippen LogP contribution in [0.25, 0.3) is 0 Å². The van der Waals surface area contributed by atoms with Crippen molar-refractivity contribution >= 4 is 17.8 Å². The predicted octanol–water partition coefficient (Wildman–Crippen LogP) is 2.99. The Bertz CT molecular complexity index is 651. The van der Waals surface area contributed by atoms with Gasteiger partial charge in [0.25, 0.3) is 5.91 Å². The van der Waals surface area contributed by atoms with E-state index in [1.54, 1.807) is 37.6 Å². The molecule has 0 aliphatic carbocycles. The molecule has 0 saturated heterocycles. The molecule has 5 nitrogen and oxygen atoms in total. The van der Waals surface area contributed by atoms with Crippen molar-refractivity contribution < 1.29 is 14.4 Å². The second kappa shape index (κ2) is 7.83. The highest BCUT2D eigenvalue weighted by Gasteiger charge is 2.02. The van der Waals surface area contributed by atoms with Gasteiger partial charge in [0.15, 0.2) is 6.61 Å². The van der Waals surface area contributed by atoms with Crippen molar-refractivity contribution in [3.05, 3.63) is 59.7 Å². The van der Waals surface area contributed by atoms with Crippen LogP contribution in [-0.4, -0.2) is 25.8 Å². The van der Waals surface area contributed by atoms with Gasteiger partial charge in [-0.15, -0.1) is 0 Å². The summed E-state index contributed by atoms with van der Waals surface area (Å²) in [5.74, 6) is 0.462. The second-order valence-electron chi connectivity index (χ2n) is 4.64. The number of methoxy groups -OCH3 is 1. The smallest absolute Gasteiger partial charge is 0.265 e. The summed E-state index contributed by atoms with van der Waals surface area (Å²) in [5.41, 5.74) is 2.73. The van der Waals surface area contributed by atoms with Crippen LogP contribution >= 0.6 is 0 Å². The molecule has 2 aromatic carbocycles. The molecule has 0 bridgehead atoms. The average Bonchev–Trinajstić information content (AvgIpc) is 2.54. The maximum Gasteiger partial charge on any atom is 0.265 e. The molecule has 2 rings (SSSR count). The third-order valence-corrected chi connectivity index (χ3v) is 3.02. The molecule has 0 heterocycles. The number of amides is 1. The fraction of sp³-hybridized carbons (Fsp3) is 0.176. The number of hydrogen-bond acceptors (Lipinski definition) is 4. The Hall–Kier alpha value is -2.82. The zero-order valence-corrected chi connectivity index (χ0v) is 12.6. The number of nitrogens with one attached hydrogen (secondary N) is 1. The van der Waals surface area contributed by atoms with Crippen LogP contribution in [0.1, 0.15) is 11.1 Å². The van der Waals surface area contributed by atoms with E-state index in [0.29, 0.717) is 5.69 Å². The van der Waals surface area contributed by atoms with Crippen molar-refractivity contribution in [2.45, 2.75) is 6.92 Å². The Morgan fingerprint density at radius 3 is 2.59 bits per heavy atom. The minimum atomic E-state index is -0.271. The number of aryl methyl sites for hydroxylation is 1. The first-order valence-corrected chi connectivity index (χ1v) is 6.84. The van der Waals surface area contributed by atoms with Crippen molar-refractivity contribution in [1.29, 1.82) is 0 Å². The van der Waals surface area contributed by atoms with E-state index in [1.807, 2.05) is 31.2 Å². The normalized spacial score (nSPS) is 10.5. The number of nitrogens with zero attached hydrogens (tertiary/aromatic N) is 1. The molecule has 0 spiro atoms. The average molecular weight is 298 g/mol. The highest BCUT2D eigenvalue weighted by Crippen LogP contribution is 2.14. The third-order valence-electron chi connectivity index (χ3n) is 3.02. The van der Waals surface area contributed by atoms with Crippen LogP contribution in [0.4, 0.5) is 5.69 Å². The minimum absolute atomic E-state index is 0.144. The van der Waals surface area contributed by atoms with Gasteiger partial charge < -0.3 is 14.9 Å². The summed E-state index contributed by atoms with van der Waals surface area (Å²) in [6.45, 7) is 1.84. The topological polar surface area (TPSA) is 59.9 Å². The van der Waals surface area contributed by atoms with E-state index in [9.17, 15) is 4.79 Å². The highest BCUT2D eigenvalue weighted by atomic mass is 16.6. The lowest BCUT2D eigenvalue weighted by Gasteiger charge is -2.05. The third kappa shape index (κ3) is 4.63. The summed E-state index contributed by atoms with van der Waals surface area (Å²) in [4.78, 5) is 16.7. The van der Waals surface area contributed by atoms with Gasteiger partial charge >= 0.3 is 0 Å². The standard InChI is InChI=1S/C17H18N2O3/c1-13-5-3-4-6-14(13)11-18-22-12-17(20)19-15-7-9-16(21-2)10-8-15/h3-11H,12H2,1-2H3,(H,19,20)/b18-11-. The first-order chi connectivity index (χ1) is 10.7. The number of hydrogen-bond donors (Lipinski definition) is 1. The molecule has 0 saturated carbocycles. The van der Waals surface area contributed by atoms with E-state index in [-0.39, 0.29) is 12.5 Å². The zero-order chi connectivity index (χ0) is 15.8. The number of rotatable bonds is 6. The van der Waals surface area contributed by atoms with E-state index in [0.717, 1.165) is 16.9 Å². The molecule has 5 heteroatoms. The van der Waals surface area contributed by atoms with E-state index in [2.05, 4.69) is 10.5 Å². The molecule has 1 N–H and O–H groups in total. The van der Waals surface area contributed by atoms with Crippen molar-refractivity contribution in [2.24, 2.45) is 5.16 Å². The van der Waals surface area contributed by atoms with Gasteiger partial charge in [0.1, 0.15) is 5.75 Å².